The molecule has 0 aliphatic heterocycles. The zero-order valence-electron chi connectivity index (χ0n) is 14.3. The number of likely N-dealkylation sites (N-methyl/N-ethyl adjacent to an activating group) is 1. The molecule has 0 saturated heterocycles. The van der Waals surface area contributed by atoms with Crippen molar-refractivity contribution < 1.29 is 4.74 Å². The minimum atomic E-state index is -0.115. The van der Waals surface area contributed by atoms with Gasteiger partial charge in [0, 0.05) is 19.9 Å². The molecule has 1 aromatic rings. The normalized spacial score (nSPS) is 22.1. The fraction of sp³-hybridized carbons (Fsp3) is 0.824. The molecule has 1 aliphatic rings. The minimum Gasteiger partial charge on any atom is -0.376 e. The van der Waals surface area contributed by atoms with Gasteiger partial charge in [-0.2, -0.15) is 5.10 Å². The highest BCUT2D eigenvalue weighted by Crippen LogP contribution is 2.47. The van der Waals surface area contributed by atoms with Gasteiger partial charge < -0.3 is 10.1 Å². The lowest BCUT2D eigenvalue weighted by molar-refractivity contribution is -0.0878. The molecule has 21 heavy (non-hydrogen) atoms. The van der Waals surface area contributed by atoms with Crippen molar-refractivity contribution in [3.05, 3.63) is 18.0 Å². The van der Waals surface area contributed by atoms with Crippen molar-refractivity contribution in [2.75, 3.05) is 14.2 Å². The zero-order chi connectivity index (χ0) is 15.5. The number of nitrogens with one attached hydrogen (secondary N) is 1. The van der Waals surface area contributed by atoms with Crippen molar-refractivity contribution in [1.82, 2.24) is 15.1 Å². The number of rotatable bonds is 6. The van der Waals surface area contributed by atoms with Crippen LogP contribution in [0.3, 0.4) is 0 Å². The summed E-state index contributed by atoms with van der Waals surface area (Å²) >= 11 is 0. The number of nitrogens with zero attached hydrogens (tertiary/aromatic N) is 2. The van der Waals surface area contributed by atoms with E-state index in [1.54, 1.807) is 0 Å². The van der Waals surface area contributed by atoms with Crippen molar-refractivity contribution in [3.63, 3.8) is 0 Å². The van der Waals surface area contributed by atoms with Gasteiger partial charge in [-0.25, -0.2) is 0 Å². The van der Waals surface area contributed by atoms with Crippen LogP contribution in [0.2, 0.25) is 0 Å². The van der Waals surface area contributed by atoms with E-state index in [2.05, 4.69) is 41.9 Å². The van der Waals surface area contributed by atoms with E-state index in [-0.39, 0.29) is 11.6 Å². The molecule has 4 heteroatoms. The molecule has 1 N–H and O–H groups in total. The molecule has 1 aromatic heterocycles. The number of hydrogen-bond donors (Lipinski definition) is 1. The van der Waals surface area contributed by atoms with Gasteiger partial charge in [0.2, 0.25) is 0 Å². The average molecular weight is 293 g/mol. The predicted octanol–water partition coefficient (Wildman–Crippen LogP) is 3.54. The fourth-order valence-corrected chi connectivity index (χ4v) is 3.63. The van der Waals surface area contributed by atoms with Crippen LogP contribution in [-0.2, 0) is 11.3 Å². The number of ether oxygens (including phenoxy) is 1. The summed E-state index contributed by atoms with van der Waals surface area (Å²) < 4.78 is 8.21. The minimum absolute atomic E-state index is 0.115. The third kappa shape index (κ3) is 3.32. The largest absolute Gasteiger partial charge is 0.376 e. The molecule has 120 valence electrons. The van der Waals surface area contributed by atoms with Crippen molar-refractivity contribution in [2.24, 2.45) is 5.41 Å². The molecule has 1 saturated carbocycles. The maximum atomic E-state index is 6.08. The highest BCUT2D eigenvalue weighted by Gasteiger charge is 2.45. The van der Waals surface area contributed by atoms with E-state index >= 15 is 0 Å². The summed E-state index contributed by atoms with van der Waals surface area (Å²) in [6, 6.07) is 2.34. The van der Waals surface area contributed by atoms with Gasteiger partial charge in [-0.3, -0.25) is 4.68 Å². The number of methoxy groups -OCH3 is 1. The Hall–Kier alpha value is -0.870. The Morgan fingerprint density at radius 3 is 2.52 bits per heavy atom. The van der Waals surface area contributed by atoms with E-state index in [1.807, 2.05) is 20.4 Å². The highest BCUT2D eigenvalue weighted by atomic mass is 16.5. The molecule has 4 nitrogen and oxygen atoms in total. The zero-order valence-corrected chi connectivity index (χ0v) is 14.3. The van der Waals surface area contributed by atoms with Gasteiger partial charge >= 0.3 is 0 Å². The SMILES string of the molecule is CCCn1nccc1C(NC)C1(OC)CCC(C)(C)CC1. The van der Waals surface area contributed by atoms with Crippen molar-refractivity contribution in [1.29, 1.82) is 0 Å². The Bertz CT molecular complexity index is 443. The van der Waals surface area contributed by atoms with E-state index < -0.39 is 0 Å². The summed E-state index contributed by atoms with van der Waals surface area (Å²) in [6.45, 7) is 7.88. The van der Waals surface area contributed by atoms with Crippen LogP contribution in [0.4, 0.5) is 0 Å². The Labute approximate surface area is 129 Å². The first kappa shape index (κ1) is 16.5. The van der Waals surface area contributed by atoms with Crippen LogP contribution in [0.15, 0.2) is 12.3 Å². The monoisotopic (exact) mass is 293 g/mol. The lowest BCUT2D eigenvalue weighted by Gasteiger charge is -2.47. The van der Waals surface area contributed by atoms with Gasteiger partial charge in [0.15, 0.2) is 0 Å². The Morgan fingerprint density at radius 1 is 1.33 bits per heavy atom. The first-order valence-corrected chi connectivity index (χ1v) is 8.22. The lowest BCUT2D eigenvalue weighted by atomic mass is 9.68. The quantitative estimate of drug-likeness (QED) is 0.872. The van der Waals surface area contributed by atoms with Gasteiger partial charge in [0.05, 0.1) is 17.3 Å². The molecule has 1 unspecified atom stereocenters. The van der Waals surface area contributed by atoms with Crippen LogP contribution in [0.25, 0.3) is 0 Å². The molecule has 1 heterocycles. The molecular formula is C17H31N3O. The molecular weight excluding hydrogens is 262 g/mol. The maximum Gasteiger partial charge on any atom is 0.0888 e. The smallest absolute Gasteiger partial charge is 0.0888 e. The predicted molar refractivity (Wildman–Crippen MR) is 86.3 cm³/mol. The summed E-state index contributed by atoms with van der Waals surface area (Å²) in [7, 11) is 3.90. The van der Waals surface area contributed by atoms with Gasteiger partial charge in [-0.15, -0.1) is 0 Å². The second-order valence-corrected chi connectivity index (χ2v) is 7.13. The Balaban J connectivity index is 2.27. The molecule has 0 spiro atoms. The third-order valence-corrected chi connectivity index (χ3v) is 5.15. The van der Waals surface area contributed by atoms with Crippen molar-refractivity contribution in [3.8, 4) is 0 Å². The number of aromatic nitrogens is 2. The van der Waals surface area contributed by atoms with Crippen LogP contribution in [0.5, 0.6) is 0 Å². The first-order chi connectivity index (χ1) is 9.98. The molecule has 0 aromatic carbocycles. The van der Waals surface area contributed by atoms with E-state index in [0.29, 0.717) is 5.41 Å². The van der Waals surface area contributed by atoms with Gasteiger partial charge in [0.1, 0.15) is 0 Å². The maximum absolute atomic E-state index is 6.08. The Morgan fingerprint density at radius 2 is 2.00 bits per heavy atom. The first-order valence-electron chi connectivity index (χ1n) is 8.22. The van der Waals surface area contributed by atoms with Crippen LogP contribution < -0.4 is 5.32 Å². The molecule has 2 rings (SSSR count). The molecule has 0 amide bonds. The van der Waals surface area contributed by atoms with E-state index in [4.69, 9.17) is 4.74 Å². The number of aryl methyl sites for hydroxylation is 1. The lowest BCUT2D eigenvalue weighted by Crippen LogP contribution is -2.49. The van der Waals surface area contributed by atoms with E-state index in [9.17, 15) is 0 Å². The highest BCUT2D eigenvalue weighted by molar-refractivity contribution is 5.15. The fourth-order valence-electron chi connectivity index (χ4n) is 3.63. The molecule has 1 aliphatic carbocycles. The van der Waals surface area contributed by atoms with Gasteiger partial charge in [0.25, 0.3) is 0 Å². The molecule has 0 radical (unpaired) electrons. The summed E-state index contributed by atoms with van der Waals surface area (Å²) in [6.07, 6.45) is 7.62. The summed E-state index contributed by atoms with van der Waals surface area (Å²) in [4.78, 5) is 0. The van der Waals surface area contributed by atoms with Gasteiger partial charge in [-0.1, -0.05) is 20.8 Å². The second kappa shape index (κ2) is 6.49. The van der Waals surface area contributed by atoms with Gasteiger partial charge in [-0.05, 0) is 50.6 Å². The molecule has 1 fully saturated rings. The third-order valence-electron chi connectivity index (χ3n) is 5.15. The standard InChI is InChI=1S/C17H31N3O/c1-6-13-20-14(7-12-19-20)15(18-4)17(21-5)10-8-16(2,3)9-11-17/h7,12,15,18H,6,8-11,13H2,1-5H3. The van der Waals surface area contributed by atoms with Crippen molar-refractivity contribution >= 4 is 0 Å². The van der Waals surface area contributed by atoms with E-state index in [0.717, 1.165) is 25.8 Å². The summed E-state index contributed by atoms with van der Waals surface area (Å²) in [5.74, 6) is 0. The number of hydrogen-bond acceptors (Lipinski definition) is 3. The van der Waals surface area contributed by atoms with Crippen LogP contribution in [-0.4, -0.2) is 29.5 Å². The van der Waals surface area contributed by atoms with Crippen LogP contribution in [0, 0.1) is 5.41 Å². The van der Waals surface area contributed by atoms with E-state index in [1.165, 1.54) is 18.5 Å². The average Bonchev–Trinajstić information content (AvgIpc) is 2.90. The van der Waals surface area contributed by atoms with Crippen LogP contribution in [0.1, 0.15) is 64.6 Å². The topological polar surface area (TPSA) is 39.1 Å². The Kier molecular flexibility index (Phi) is 5.10. The van der Waals surface area contributed by atoms with Crippen LogP contribution >= 0.6 is 0 Å². The second-order valence-electron chi connectivity index (χ2n) is 7.13. The molecule has 0 bridgehead atoms. The molecule has 1 atom stereocenters. The van der Waals surface area contributed by atoms with Crippen molar-refractivity contribution in [2.45, 2.75) is 71.1 Å². The summed E-state index contributed by atoms with van der Waals surface area (Å²) in [5.41, 5.74) is 1.57. The summed E-state index contributed by atoms with van der Waals surface area (Å²) in [5, 5.41) is 7.99.